The Labute approximate surface area is 114 Å². The molecule has 0 spiro atoms. The number of aromatic carboxylic acids is 1. The molecule has 3 rings (SSSR count). The Morgan fingerprint density at radius 1 is 1.16 bits per heavy atom. The Kier molecular flexibility index (Phi) is 3.56. The lowest BCUT2D eigenvalue weighted by atomic mass is 9.78. The minimum Gasteiger partial charge on any atom is -0.478 e. The number of likely N-dealkylation sites (tertiary alicyclic amines) is 1. The zero-order chi connectivity index (χ0) is 13.2. The van der Waals surface area contributed by atoms with Crippen LogP contribution in [0.4, 0.5) is 0 Å². The molecule has 1 heterocycles. The van der Waals surface area contributed by atoms with Crippen LogP contribution in [-0.2, 0) is 6.54 Å². The fraction of sp³-hybridized carbons (Fsp3) is 0.562. The van der Waals surface area contributed by atoms with E-state index in [9.17, 15) is 4.79 Å². The molecular weight excluding hydrogens is 238 g/mol. The second-order valence-corrected chi connectivity index (χ2v) is 6.09. The molecule has 1 aliphatic carbocycles. The molecule has 1 aromatic rings. The zero-order valence-corrected chi connectivity index (χ0v) is 11.2. The summed E-state index contributed by atoms with van der Waals surface area (Å²) in [5.74, 6) is 0.940. The van der Waals surface area contributed by atoms with Crippen LogP contribution >= 0.6 is 0 Å². The van der Waals surface area contributed by atoms with Gasteiger partial charge in [-0.25, -0.2) is 4.79 Å². The molecule has 19 heavy (non-hydrogen) atoms. The van der Waals surface area contributed by atoms with Crippen molar-refractivity contribution in [3.63, 3.8) is 0 Å². The van der Waals surface area contributed by atoms with E-state index in [1.165, 1.54) is 44.3 Å². The number of hydrogen-bond donors (Lipinski definition) is 1. The zero-order valence-electron chi connectivity index (χ0n) is 11.2. The Morgan fingerprint density at radius 3 is 2.37 bits per heavy atom. The topological polar surface area (TPSA) is 40.5 Å². The van der Waals surface area contributed by atoms with E-state index in [4.69, 9.17) is 5.11 Å². The Hall–Kier alpha value is -1.35. The molecule has 2 aliphatic rings. The van der Waals surface area contributed by atoms with Crippen LogP contribution in [0.1, 0.15) is 41.6 Å². The van der Waals surface area contributed by atoms with Gasteiger partial charge in [0.25, 0.3) is 0 Å². The van der Waals surface area contributed by atoms with Crippen LogP contribution in [0.3, 0.4) is 0 Å². The lowest BCUT2D eigenvalue weighted by Crippen LogP contribution is -2.42. The number of rotatable bonds is 3. The van der Waals surface area contributed by atoms with Crippen molar-refractivity contribution in [1.82, 2.24) is 4.90 Å². The maximum atomic E-state index is 10.8. The largest absolute Gasteiger partial charge is 0.478 e. The number of fused-ring (bicyclic) bond motifs is 2. The van der Waals surface area contributed by atoms with Gasteiger partial charge in [0.2, 0.25) is 0 Å². The van der Waals surface area contributed by atoms with Crippen molar-refractivity contribution in [3.05, 3.63) is 35.4 Å². The third-order valence-electron chi connectivity index (χ3n) is 4.53. The maximum Gasteiger partial charge on any atom is 0.335 e. The van der Waals surface area contributed by atoms with E-state index < -0.39 is 5.97 Å². The molecule has 1 N–H and O–H groups in total. The second kappa shape index (κ2) is 5.33. The summed E-state index contributed by atoms with van der Waals surface area (Å²) >= 11 is 0. The first-order valence-corrected chi connectivity index (χ1v) is 7.25. The molecule has 1 aliphatic heterocycles. The van der Waals surface area contributed by atoms with Gasteiger partial charge >= 0.3 is 5.97 Å². The number of carboxylic acids is 1. The summed E-state index contributed by atoms with van der Waals surface area (Å²) in [7, 11) is 0. The molecule has 1 aromatic carbocycles. The van der Waals surface area contributed by atoms with Crippen LogP contribution in [0.2, 0.25) is 0 Å². The highest BCUT2D eigenvalue weighted by atomic mass is 16.4. The van der Waals surface area contributed by atoms with Gasteiger partial charge in [-0.05, 0) is 48.8 Å². The van der Waals surface area contributed by atoms with Gasteiger partial charge in [0.05, 0.1) is 5.56 Å². The van der Waals surface area contributed by atoms with Crippen molar-refractivity contribution in [2.24, 2.45) is 11.8 Å². The smallest absolute Gasteiger partial charge is 0.335 e. The fourth-order valence-electron chi connectivity index (χ4n) is 3.68. The predicted molar refractivity (Wildman–Crippen MR) is 74.1 cm³/mol. The summed E-state index contributed by atoms with van der Waals surface area (Å²) in [6.07, 6.45) is 5.63. The van der Waals surface area contributed by atoms with Gasteiger partial charge in [-0.15, -0.1) is 0 Å². The van der Waals surface area contributed by atoms with Crippen molar-refractivity contribution in [3.8, 4) is 0 Å². The van der Waals surface area contributed by atoms with Gasteiger partial charge in [-0.1, -0.05) is 18.6 Å². The van der Waals surface area contributed by atoms with Crippen molar-refractivity contribution in [2.75, 3.05) is 13.1 Å². The van der Waals surface area contributed by atoms with Crippen LogP contribution in [0.15, 0.2) is 24.3 Å². The molecule has 0 radical (unpaired) electrons. The number of benzene rings is 1. The van der Waals surface area contributed by atoms with Gasteiger partial charge in [0.15, 0.2) is 0 Å². The van der Waals surface area contributed by atoms with E-state index >= 15 is 0 Å². The van der Waals surface area contributed by atoms with Crippen molar-refractivity contribution in [2.45, 2.75) is 32.2 Å². The summed E-state index contributed by atoms with van der Waals surface area (Å²) < 4.78 is 0. The van der Waals surface area contributed by atoms with Gasteiger partial charge < -0.3 is 5.11 Å². The molecule has 2 fully saturated rings. The van der Waals surface area contributed by atoms with Crippen molar-refractivity contribution in [1.29, 1.82) is 0 Å². The quantitative estimate of drug-likeness (QED) is 0.907. The maximum absolute atomic E-state index is 10.8. The Bertz CT molecular complexity index is 442. The average molecular weight is 259 g/mol. The van der Waals surface area contributed by atoms with Crippen LogP contribution in [0.5, 0.6) is 0 Å². The molecule has 2 unspecified atom stereocenters. The van der Waals surface area contributed by atoms with E-state index in [2.05, 4.69) is 4.90 Å². The summed E-state index contributed by atoms with van der Waals surface area (Å²) in [4.78, 5) is 13.4. The molecular formula is C16H21NO2. The molecule has 1 saturated heterocycles. The highest BCUT2D eigenvalue weighted by molar-refractivity contribution is 5.87. The van der Waals surface area contributed by atoms with Crippen LogP contribution in [0.25, 0.3) is 0 Å². The van der Waals surface area contributed by atoms with E-state index in [0.29, 0.717) is 5.56 Å². The first kappa shape index (κ1) is 12.7. The average Bonchev–Trinajstić information content (AvgIpc) is 2.39. The third-order valence-corrected chi connectivity index (χ3v) is 4.53. The van der Waals surface area contributed by atoms with Crippen LogP contribution < -0.4 is 0 Å². The molecule has 0 amide bonds. The van der Waals surface area contributed by atoms with Gasteiger partial charge in [0.1, 0.15) is 0 Å². The van der Waals surface area contributed by atoms with Crippen molar-refractivity contribution < 1.29 is 9.90 Å². The van der Waals surface area contributed by atoms with Crippen LogP contribution in [0, 0.1) is 11.8 Å². The lowest BCUT2D eigenvalue weighted by Gasteiger charge is -2.41. The molecule has 3 nitrogen and oxygen atoms in total. The molecule has 1 saturated carbocycles. The van der Waals surface area contributed by atoms with E-state index in [-0.39, 0.29) is 0 Å². The highest BCUT2D eigenvalue weighted by Crippen LogP contribution is 2.34. The fourth-order valence-corrected chi connectivity index (χ4v) is 3.68. The SMILES string of the molecule is O=C(O)c1ccc(CN2CC3CCCC(C3)C2)cc1. The second-order valence-electron chi connectivity index (χ2n) is 6.09. The monoisotopic (exact) mass is 259 g/mol. The summed E-state index contributed by atoms with van der Waals surface area (Å²) in [5.41, 5.74) is 1.60. The van der Waals surface area contributed by atoms with Crippen molar-refractivity contribution >= 4 is 5.97 Å². The normalized spacial score (nSPS) is 27.2. The summed E-state index contributed by atoms with van der Waals surface area (Å²) in [6, 6.07) is 7.33. The number of carboxylic acid groups (broad SMARTS) is 1. The van der Waals surface area contributed by atoms with E-state index in [1.807, 2.05) is 12.1 Å². The number of carbonyl (C=O) groups is 1. The summed E-state index contributed by atoms with van der Waals surface area (Å²) in [6.45, 7) is 3.40. The molecule has 2 bridgehead atoms. The van der Waals surface area contributed by atoms with Gasteiger partial charge in [-0.2, -0.15) is 0 Å². The molecule has 3 heteroatoms. The minimum atomic E-state index is -0.848. The summed E-state index contributed by atoms with van der Waals surface area (Å²) in [5, 5.41) is 8.90. The minimum absolute atomic E-state index is 0.374. The number of nitrogens with zero attached hydrogens (tertiary/aromatic N) is 1. The first-order valence-electron chi connectivity index (χ1n) is 7.25. The lowest BCUT2D eigenvalue weighted by molar-refractivity contribution is 0.0696. The molecule has 102 valence electrons. The number of piperidine rings is 1. The van der Waals surface area contributed by atoms with Gasteiger partial charge in [0, 0.05) is 19.6 Å². The van der Waals surface area contributed by atoms with Gasteiger partial charge in [-0.3, -0.25) is 4.90 Å². The first-order chi connectivity index (χ1) is 9.20. The Balaban J connectivity index is 1.63. The Morgan fingerprint density at radius 2 is 1.79 bits per heavy atom. The molecule has 0 aromatic heterocycles. The van der Waals surface area contributed by atoms with E-state index in [0.717, 1.165) is 18.4 Å². The molecule has 2 atom stereocenters. The number of hydrogen-bond acceptors (Lipinski definition) is 2. The van der Waals surface area contributed by atoms with Crippen LogP contribution in [-0.4, -0.2) is 29.1 Å². The predicted octanol–water partition coefficient (Wildman–Crippen LogP) is 3.01. The third kappa shape index (κ3) is 2.98. The van der Waals surface area contributed by atoms with E-state index in [1.54, 1.807) is 12.1 Å². The standard InChI is InChI=1S/C16H21NO2/c18-16(19)15-6-4-12(5-7-15)9-17-10-13-2-1-3-14(8-13)11-17/h4-7,13-14H,1-3,8-11H2,(H,18,19). The highest BCUT2D eigenvalue weighted by Gasteiger charge is 2.30.